The maximum Gasteiger partial charge on any atom is 1.00 e. The van der Waals surface area contributed by atoms with Gasteiger partial charge in [0.25, 0.3) is 10.1 Å². The summed E-state index contributed by atoms with van der Waals surface area (Å²) in [5, 5.41) is 3.11. The van der Waals surface area contributed by atoms with Gasteiger partial charge in [0, 0.05) is 11.4 Å². The molecule has 0 amide bonds. The smallest absolute Gasteiger partial charge is 0.356 e. The number of anilines is 2. The standard InChI is InChI=1S/C12H11NO3S.Na/c14-17(15,16)12-8-6-11(7-9-12)13-10-4-2-1-3-5-10;/h1-9,13H,(H,14,15,16);/q;+1. The molecular weight excluding hydrogens is 261 g/mol. The minimum atomic E-state index is -4.12. The van der Waals surface area contributed by atoms with Gasteiger partial charge in [0.2, 0.25) is 0 Å². The summed E-state index contributed by atoms with van der Waals surface area (Å²) in [5.41, 5.74) is 1.66. The van der Waals surface area contributed by atoms with Crippen LogP contribution in [0.15, 0.2) is 59.5 Å². The Kier molecular flexibility index (Phi) is 5.37. The predicted octanol–water partition coefficient (Wildman–Crippen LogP) is -0.319. The topological polar surface area (TPSA) is 66.4 Å². The summed E-state index contributed by atoms with van der Waals surface area (Å²) >= 11 is 0. The van der Waals surface area contributed by atoms with Crippen molar-refractivity contribution in [2.45, 2.75) is 4.90 Å². The molecule has 0 aliphatic rings. The monoisotopic (exact) mass is 272 g/mol. The van der Waals surface area contributed by atoms with Crippen LogP contribution in [0, 0.1) is 0 Å². The van der Waals surface area contributed by atoms with Crippen molar-refractivity contribution in [1.29, 1.82) is 0 Å². The van der Waals surface area contributed by atoms with Crippen molar-refractivity contribution in [3.63, 3.8) is 0 Å². The molecule has 0 heterocycles. The van der Waals surface area contributed by atoms with Crippen LogP contribution in [-0.2, 0) is 10.1 Å². The van der Waals surface area contributed by atoms with E-state index in [1.54, 1.807) is 12.1 Å². The van der Waals surface area contributed by atoms with E-state index in [2.05, 4.69) is 5.32 Å². The molecule has 0 radical (unpaired) electrons. The van der Waals surface area contributed by atoms with Crippen LogP contribution in [0.1, 0.15) is 0 Å². The third kappa shape index (κ3) is 4.12. The molecule has 0 saturated heterocycles. The normalized spacial score (nSPS) is 10.5. The van der Waals surface area contributed by atoms with Gasteiger partial charge in [-0.3, -0.25) is 4.55 Å². The van der Waals surface area contributed by atoms with E-state index >= 15 is 0 Å². The van der Waals surface area contributed by atoms with Crippen molar-refractivity contribution >= 4 is 21.5 Å². The van der Waals surface area contributed by atoms with Crippen LogP contribution in [0.2, 0.25) is 0 Å². The zero-order chi connectivity index (χ0) is 12.3. The first-order chi connectivity index (χ1) is 8.05. The Labute approximate surface area is 128 Å². The number of para-hydroxylation sites is 1. The molecule has 0 aliphatic heterocycles. The van der Waals surface area contributed by atoms with Crippen molar-refractivity contribution in [3.8, 4) is 0 Å². The molecule has 0 unspecified atom stereocenters. The molecule has 2 rings (SSSR count). The van der Waals surface area contributed by atoms with Gasteiger partial charge in [0.1, 0.15) is 0 Å². The van der Waals surface area contributed by atoms with Crippen LogP contribution in [0.4, 0.5) is 11.4 Å². The third-order valence-corrected chi connectivity index (χ3v) is 3.08. The van der Waals surface area contributed by atoms with Crippen LogP contribution < -0.4 is 34.9 Å². The molecule has 0 aromatic heterocycles. The third-order valence-electron chi connectivity index (χ3n) is 2.21. The maximum atomic E-state index is 10.8. The molecule has 4 nitrogen and oxygen atoms in total. The van der Waals surface area contributed by atoms with E-state index in [0.29, 0.717) is 0 Å². The molecule has 2 aromatic rings. The molecule has 18 heavy (non-hydrogen) atoms. The van der Waals surface area contributed by atoms with Gasteiger partial charge in [0.05, 0.1) is 4.90 Å². The Hall–Kier alpha value is -0.850. The molecule has 0 saturated carbocycles. The van der Waals surface area contributed by atoms with Gasteiger partial charge in [-0.25, -0.2) is 0 Å². The van der Waals surface area contributed by atoms with E-state index < -0.39 is 10.1 Å². The van der Waals surface area contributed by atoms with Gasteiger partial charge in [-0.1, -0.05) is 18.2 Å². The maximum absolute atomic E-state index is 10.8. The number of nitrogens with one attached hydrogen (secondary N) is 1. The first kappa shape index (κ1) is 15.2. The van der Waals surface area contributed by atoms with Crippen molar-refractivity contribution in [2.24, 2.45) is 0 Å². The minimum absolute atomic E-state index is 0. The van der Waals surface area contributed by atoms with Crippen LogP contribution in [0.5, 0.6) is 0 Å². The summed E-state index contributed by atoms with van der Waals surface area (Å²) in [6.07, 6.45) is 0. The van der Waals surface area contributed by atoms with Crippen LogP contribution in [-0.4, -0.2) is 13.0 Å². The molecule has 88 valence electrons. The molecular formula is C12H11NNaO3S+. The second kappa shape index (κ2) is 6.36. The van der Waals surface area contributed by atoms with Gasteiger partial charge in [-0.15, -0.1) is 0 Å². The molecule has 0 bridgehead atoms. The van der Waals surface area contributed by atoms with E-state index in [1.807, 2.05) is 30.3 Å². The number of rotatable bonds is 3. The number of benzene rings is 2. The van der Waals surface area contributed by atoms with Crippen molar-refractivity contribution < 1.29 is 42.5 Å². The van der Waals surface area contributed by atoms with Crippen molar-refractivity contribution in [1.82, 2.24) is 0 Å². The van der Waals surface area contributed by atoms with Crippen LogP contribution in [0.3, 0.4) is 0 Å². The first-order valence-electron chi connectivity index (χ1n) is 4.95. The Bertz CT molecular complexity index is 597. The summed E-state index contributed by atoms with van der Waals surface area (Å²) in [6, 6.07) is 15.4. The predicted molar refractivity (Wildman–Crippen MR) is 66.0 cm³/mol. The van der Waals surface area contributed by atoms with Crippen LogP contribution >= 0.6 is 0 Å². The fourth-order valence-corrected chi connectivity index (χ4v) is 1.88. The molecule has 2 aromatic carbocycles. The molecule has 0 aliphatic carbocycles. The Morgan fingerprint density at radius 3 is 1.83 bits per heavy atom. The number of hydrogen-bond donors (Lipinski definition) is 2. The summed E-state index contributed by atoms with van der Waals surface area (Å²) in [7, 11) is -4.12. The van der Waals surface area contributed by atoms with Gasteiger partial charge in [-0.2, -0.15) is 8.42 Å². The van der Waals surface area contributed by atoms with Crippen LogP contribution in [0.25, 0.3) is 0 Å². The van der Waals surface area contributed by atoms with E-state index in [9.17, 15) is 8.42 Å². The Morgan fingerprint density at radius 2 is 1.33 bits per heavy atom. The van der Waals surface area contributed by atoms with Gasteiger partial charge >= 0.3 is 29.6 Å². The quantitative estimate of drug-likeness (QED) is 0.594. The van der Waals surface area contributed by atoms with Crippen molar-refractivity contribution in [3.05, 3.63) is 54.6 Å². The average Bonchev–Trinajstić information content (AvgIpc) is 2.30. The summed E-state index contributed by atoms with van der Waals surface area (Å²) in [4.78, 5) is -0.115. The molecule has 6 heteroatoms. The second-order valence-electron chi connectivity index (χ2n) is 3.49. The Morgan fingerprint density at radius 1 is 0.833 bits per heavy atom. The Balaban J connectivity index is 0.00000162. The molecule has 0 fully saturated rings. The van der Waals surface area contributed by atoms with E-state index in [4.69, 9.17) is 4.55 Å². The fraction of sp³-hybridized carbons (Fsp3) is 0. The minimum Gasteiger partial charge on any atom is -0.356 e. The first-order valence-corrected chi connectivity index (χ1v) is 6.39. The van der Waals surface area contributed by atoms with E-state index in [0.717, 1.165) is 11.4 Å². The summed E-state index contributed by atoms with van der Waals surface area (Å²) < 4.78 is 30.5. The van der Waals surface area contributed by atoms with Gasteiger partial charge in [-0.05, 0) is 36.4 Å². The van der Waals surface area contributed by atoms with E-state index in [1.165, 1.54) is 12.1 Å². The van der Waals surface area contributed by atoms with E-state index in [-0.39, 0.29) is 34.5 Å². The SMILES string of the molecule is O=S(=O)(O)c1ccc(Nc2ccccc2)cc1.[Na+]. The summed E-state index contributed by atoms with van der Waals surface area (Å²) in [6.45, 7) is 0. The fourth-order valence-electron chi connectivity index (χ4n) is 1.40. The van der Waals surface area contributed by atoms with Crippen molar-refractivity contribution in [2.75, 3.05) is 5.32 Å². The summed E-state index contributed by atoms with van der Waals surface area (Å²) in [5.74, 6) is 0. The zero-order valence-corrected chi connectivity index (χ0v) is 12.7. The second-order valence-corrected chi connectivity index (χ2v) is 4.91. The zero-order valence-electron chi connectivity index (χ0n) is 9.87. The molecule has 2 N–H and O–H groups in total. The van der Waals surface area contributed by atoms with Gasteiger partial charge < -0.3 is 5.32 Å². The number of hydrogen-bond acceptors (Lipinski definition) is 3. The molecule has 0 spiro atoms. The molecule has 0 atom stereocenters. The average molecular weight is 272 g/mol. The van der Waals surface area contributed by atoms with Gasteiger partial charge in [0.15, 0.2) is 0 Å². The largest absolute Gasteiger partial charge is 1.00 e.